The van der Waals surface area contributed by atoms with Gasteiger partial charge in [-0.1, -0.05) is 12.1 Å². The summed E-state index contributed by atoms with van der Waals surface area (Å²) in [5, 5.41) is 13.9. The minimum Gasteiger partial charge on any atom is -0.476 e. The van der Waals surface area contributed by atoms with E-state index in [-0.39, 0.29) is 5.69 Å². The van der Waals surface area contributed by atoms with E-state index < -0.39 is 5.97 Å². The molecule has 96 valence electrons. The number of benzene rings is 1. The van der Waals surface area contributed by atoms with Crippen molar-refractivity contribution < 1.29 is 14.3 Å². The van der Waals surface area contributed by atoms with E-state index in [0.717, 1.165) is 5.52 Å². The van der Waals surface area contributed by atoms with Crippen molar-refractivity contribution in [3.05, 3.63) is 40.3 Å². The van der Waals surface area contributed by atoms with Crippen molar-refractivity contribution in [1.82, 2.24) is 9.97 Å². The second-order valence-corrected chi connectivity index (χ2v) is 4.71. The molecule has 0 saturated carbocycles. The van der Waals surface area contributed by atoms with Gasteiger partial charge in [0.15, 0.2) is 11.3 Å². The molecule has 0 saturated heterocycles. The molecule has 6 nitrogen and oxygen atoms in total. The van der Waals surface area contributed by atoms with Gasteiger partial charge in [0.2, 0.25) is 0 Å². The predicted molar refractivity (Wildman–Crippen MR) is 70.4 cm³/mol. The number of aromatic nitrogens is 2. The number of anilines is 1. The molecule has 0 aliphatic heterocycles. The molecule has 0 unspecified atom stereocenters. The number of carbonyl (C=O) groups is 1. The Morgan fingerprint density at radius 2 is 2.21 bits per heavy atom. The zero-order valence-electron chi connectivity index (χ0n) is 9.66. The van der Waals surface area contributed by atoms with Gasteiger partial charge < -0.3 is 14.8 Å². The van der Waals surface area contributed by atoms with Gasteiger partial charge in [0.1, 0.15) is 10.5 Å². The number of hydrogen-bond acceptors (Lipinski definition) is 6. The fraction of sp³-hybridized carbons (Fsp3) is 0.0833. The highest BCUT2D eigenvalue weighted by Gasteiger charge is 2.09. The number of fused-ring (bicyclic) bond motifs is 1. The van der Waals surface area contributed by atoms with Crippen molar-refractivity contribution in [2.45, 2.75) is 6.54 Å². The number of thiazole rings is 1. The summed E-state index contributed by atoms with van der Waals surface area (Å²) in [5.74, 6) is -1.02. The van der Waals surface area contributed by atoms with Crippen molar-refractivity contribution in [3.63, 3.8) is 0 Å². The topological polar surface area (TPSA) is 88.2 Å². The maximum absolute atomic E-state index is 10.7. The lowest BCUT2D eigenvalue weighted by atomic mass is 10.3. The lowest BCUT2D eigenvalue weighted by Gasteiger charge is -1.96. The SMILES string of the molecule is O=C(O)c1csc(CNc2nc3ccccc3o2)n1. The second-order valence-electron chi connectivity index (χ2n) is 3.77. The lowest BCUT2D eigenvalue weighted by molar-refractivity contribution is 0.0691. The standard InChI is InChI=1S/C12H9N3O3S/c16-11(17)8-6-19-10(14-8)5-13-12-15-7-3-1-2-4-9(7)18-12/h1-4,6H,5H2,(H,13,15)(H,16,17). The summed E-state index contributed by atoms with van der Waals surface area (Å²) < 4.78 is 5.48. The molecule has 3 aromatic rings. The summed E-state index contributed by atoms with van der Waals surface area (Å²) in [4.78, 5) is 18.9. The molecule has 0 atom stereocenters. The Balaban J connectivity index is 1.72. The zero-order valence-corrected chi connectivity index (χ0v) is 10.5. The van der Waals surface area contributed by atoms with E-state index in [1.54, 1.807) is 0 Å². The summed E-state index contributed by atoms with van der Waals surface area (Å²) in [6.07, 6.45) is 0. The van der Waals surface area contributed by atoms with E-state index >= 15 is 0 Å². The first-order valence-electron chi connectivity index (χ1n) is 5.49. The summed E-state index contributed by atoms with van der Waals surface area (Å²) in [6, 6.07) is 7.84. The van der Waals surface area contributed by atoms with Gasteiger partial charge >= 0.3 is 5.97 Å². The van der Waals surface area contributed by atoms with Crippen LogP contribution in [0.15, 0.2) is 34.1 Å². The third-order valence-electron chi connectivity index (χ3n) is 2.46. The highest BCUT2D eigenvalue weighted by molar-refractivity contribution is 7.09. The number of carboxylic acids is 1. The maximum Gasteiger partial charge on any atom is 0.355 e. The summed E-state index contributed by atoms with van der Waals surface area (Å²) in [7, 11) is 0. The van der Waals surface area contributed by atoms with E-state index in [4.69, 9.17) is 9.52 Å². The Hall–Kier alpha value is -2.41. The minimum absolute atomic E-state index is 0.0550. The molecule has 2 N–H and O–H groups in total. The molecule has 2 aromatic heterocycles. The number of hydrogen-bond donors (Lipinski definition) is 2. The quantitative estimate of drug-likeness (QED) is 0.760. The average molecular weight is 275 g/mol. The Morgan fingerprint density at radius 1 is 1.37 bits per heavy atom. The van der Waals surface area contributed by atoms with E-state index in [1.807, 2.05) is 24.3 Å². The first-order valence-corrected chi connectivity index (χ1v) is 6.37. The van der Waals surface area contributed by atoms with Gasteiger partial charge in [0.25, 0.3) is 6.01 Å². The highest BCUT2D eigenvalue weighted by atomic mass is 32.1. The number of rotatable bonds is 4. The molecule has 0 spiro atoms. The van der Waals surface area contributed by atoms with Gasteiger partial charge in [-0.15, -0.1) is 11.3 Å². The van der Waals surface area contributed by atoms with E-state index in [2.05, 4.69) is 15.3 Å². The lowest BCUT2D eigenvalue weighted by Crippen LogP contribution is -2.01. The first kappa shape index (κ1) is 11.7. The average Bonchev–Trinajstić information content (AvgIpc) is 3.02. The number of nitrogens with one attached hydrogen (secondary N) is 1. The van der Waals surface area contributed by atoms with Gasteiger partial charge in [-0.05, 0) is 12.1 Å². The number of carboxylic acid groups (broad SMARTS) is 1. The third-order valence-corrected chi connectivity index (χ3v) is 3.30. The molecular formula is C12H9N3O3S. The normalized spacial score (nSPS) is 10.7. The van der Waals surface area contributed by atoms with E-state index in [9.17, 15) is 4.79 Å². The van der Waals surface area contributed by atoms with Crippen LogP contribution >= 0.6 is 11.3 Å². The van der Waals surface area contributed by atoms with E-state index in [1.165, 1.54) is 16.7 Å². The van der Waals surface area contributed by atoms with Gasteiger partial charge in [0, 0.05) is 5.38 Å². The monoisotopic (exact) mass is 275 g/mol. The fourth-order valence-corrected chi connectivity index (χ4v) is 2.30. The molecule has 0 amide bonds. The van der Waals surface area contributed by atoms with Crippen LogP contribution in [0, 0.1) is 0 Å². The molecule has 0 aliphatic carbocycles. The van der Waals surface area contributed by atoms with Crippen LogP contribution in [0.1, 0.15) is 15.5 Å². The highest BCUT2D eigenvalue weighted by Crippen LogP contribution is 2.19. The summed E-state index contributed by atoms with van der Waals surface area (Å²) in [5.41, 5.74) is 1.53. The minimum atomic E-state index is -1.02. The van der Waals surface area contributed by atoms with E-state index in [0.29, 0.717) is 23.2 Å². The van der Waals surface area contributed by atoms with Crippen LogP contribution in [-0.4, -0.2) is 21.0 Å². The van der Waals surface area contributed by atoms with Crippen molar-refractivity contribution >= 4 is 34.4 Å². The molecule has 7 heteroatoms. The van der Waals surface area contributed by atoms with Crippen molar-refractivity contribution in [2.75, 3.05) is 5.32 Å². The molecule has 0 aliphatic rings. The van der Waals surface area contributed by atoms with Crippen LogP contribution in [0.25, 0.3) is 11.1 Å². The van der Waals surface area contributed by atoms with Crippen LogP contribution in [-0.2, 0) is 6.54 Å². The Bertz CT molecular complexity index is 701. The molecule has 0 radical (unpaired) electrons. The predicted octanol–water partition coefficient (Wildman–Crippen LogP) is 2.59. The Labute approximate surface area is 111 Å². The summed E-state index contributed by atoms with van der Waals surface area (Å²) in [6.45, 7) is 0.380. The number of nitrogens with zero attached hydrogens (tertiary/aromatic N) is 2. The largest absolute Gasteiger partial charge is 0.476 e. The van der Waals surface area contributed by atoms with Crippen LogP contribution in [0.3, 0.4) is 0 Å². The first-order chi connectivity index (χ1) is 9.22. The molecule has 1 aromatic carbocycles. The number of para-hydroxylation sites is 2. The van der Waals surface area contributed by atoms with Crippen molar-refractivity contribution in [2.24, 2.45) is 0 Å². The number of aromatic carboxylic acids is 1. The molecular weight excluding hydrogens is 266 g/mol. The second kappa shape index (κ2) is 4.69. The number of oxazole rings is 1. The van der Waals surface area contributed by atoms with Crippen LogP contribution < -0.4 is 5.32 Å². The zero-order chi connectivity index (χ0) is 13.2. The Kier molecular flexibility index (Phi) is 2.88. The van der Waals surface area contributed by atoms with Crippen molar-refractivity contribution in [1.29, 1.82) is 0 Å². The van der Waals surface area contributed by atoms with Crippen LogP contribution in [0.2, 0.25) is 0 Å². The van der Waals surface area contributed by atoms with Gasteiger partial charge in [-0.3, -0.25) is 0 Å². The molecule has 19 heavy (non-hydrogen) atoms. The molecule has 0 fully saturated rings. The van der Waals surface area contributed by atoms with Crippen LogP contribution in [0.4, 0.5) is 6.01 Å². The third kappa shape index (κ3) is 2.41. The maximum atomic E-state index is 10.7. The van der Waals surface area contributed by atoms with Gasteiger partial charge in [-0.2, -0.15) is 4.98 Å². The van der Waals surface area contributed by atoms with Crippen molar-refractivity contribution in [3.8, 4) is 0 Å². The summed E-state index contributed by atoms with van der Waals surface area (Å²) >= 11 is 1.28. The molecule has 0 bridgehead atoms. The smallest absolute Gasteiger partial charge is 0.355 e. The van der Waals surface area contributed by atoms with Gasteiger partial charge in [0.05, 0.1) is 6.54 Å². The fourth-order valence-electron chi connectivity index (χ4n) is 1.59. The molecule has 2 heterocycles. The molecule has 3 rings (SSSR count). The Morgan fingerprint density at radius 3 is 2.95 bits per heavy atom. The van der Waals surface area contributed by atoms with Gasteiger partial charge in [-0.25, -0.2) is 9.78 Å². The van der Waals surface area contributed by atoms with Crippen LogP contribution in [0.5, 0.6) is 0 Å².